The number of benzene rings is 1. The minimum Gasteiger partial charge on any atom is -0.453 e. The van der Waals surface area contributed by atoms with E-state index in [9.17, 15) is 23.9 Å². The zero-order chi connectivity index (χ0) is 18.7. The standard InChI is InChI=1S/C17H19FO7/c1-8-6-4-5-7-11(8)13(21)14(22)15-12(18)16(23-9(2)19)17(25-15)24-10(3)20/h4-7,12,14-17,22H,1-3H3/t12-,14?,15+,16-,17+/m1/s1. The molecular weight excluding hydrogens is 335 g/mol. The van der Waals surface area contributed by atoms with Crippen LogP contribution in [0, 0.1) is 6.92 Å². The zero-order valence-electron chi connectivity index (χ0n) is 14.0. The number of alkyl halides is 1. The van der Waals surface area contributed by atoms with Crippen LogP contribution in [0.2, 0.25) is 0 Å². The van der Waals surface area contributed by atoms with Gasteiger partial charge in [-0.25, -0.2) is 4.39 Å². The number of hydrogen-bond donors (Lipinski definition) is 1. The molecule has 5 atom stereocenters. The lowest BCUT2D eigenvalue weighted by atomic mass is 9.96. The van der Waals surface area contributed by atoms with Gasteiger partial charge in [0.15, 0.2) is 18.1 Å². The first-order chi connectivity index (χ1) is 11.7. The molecule has 1 aromatic carbocycles. The molecule has 0 bridgehead atoms. The fourth-order valence-electron chi connectivity index (χ4n) is 2.62. The van der Waals surface area contributed by atoms with Crippen molar-refractivity contribution in [2.24, 2.45) is 0 Å². The Kier molecular flexibility index (Phi) is 5.86. The molecule has 7 nitrogen and oxygen atoms in total. The van der Waals surface area contributed by atoms with Gasteiger partial charge in [0.25, 0.3) is 0 Å². The number of carbonyl (C=O) groups is 3. The van der Waals surface area contributed by atoms with Crippen LogP contribution in [0.5, 0.6) is 0 Å². The number of aliphatic hydroxyl groups is 1. The van der Waals surface area contributed by atoms with Crippen LogP contribution >= 0.6 is 0 Å². The topological polar surface area (TPSA) is 99.1 Å². The zero-order valence-corrected chi connectivity index (χ0v) is 14.0. The first-order valence-electron chi connectivity index (χ1n) is 7.64. The molecule has 136 valence electrons. The van der Waals surface area contributed by atoms with Gasteiger partial charge in [-0.15, -0.1) is 0 Å². The summed E-state index contributed by atoms with van der Waals surface area (Å²) in [6.07, 6.45) is -8.64. The molecule has 0 saturated carbocycles. The highest BCUT2D eigenvalue weighted by Gasteiger charge is 2.53. The predicted octanol–water partition coefficient (Wildman–Crippen LogP) is 1.10. The highest BCUT2D eigenvalue weighted by Crippen LogP contribution is 2.31. The summed E-state index contributed by atoms with van der Waals surface area (Å²) >= 11 is 0. The summed E-state index contributed by atoms with van der Waals surface area (Å²) in [7, 11) is 0. The molecule has 1 unspecified atom stereocenters. The van der Waals surface area contributed by atoms with Crippen LogP contribution in [0.3, 0.4) is 0 Å². The van der Waals surface area contributed by atoms with E-state index in [1.807, 2.05) is 0 Å². The Hall–Kier alpha value is -2.32. The number of esters is 2. The van der Waals surface area contributed by atoms with Crippen LogP contribution in [-0.2, 0) is 23.8 Å². The second kappa shape index (κ2) is 7.71. The number of Topliss-reactive ketones (excluding diaryl/α,β-unsaturated/α-hetero) is 1. The lowest BCUT2D eigenvalue weighted by Crippen LogP contribution is -2.42. The number of ether oxygens (including phenoxy) is 3. The van der Waals surface area contributed by atoms with Crippen molar-refractivity contribution in [3.05, 3.63) is 35.4 Å². The molecule has 1 aromatic rings. The molecule has 2 rings (SSSR count). The van der Waals surface area contributed by atoms with E-state index in [4.69, 9.17) is 14.2 Å². The number of carbonyl (C=O) groups excluding carboxylic acids is 3. The molecule has 1 fully saturated rings. The maximum atomic E-state index is 14.6. The molecule has 1 aliphatic heterocycles. The van der Waals surface area contributed by atoms with E-state index >= 15 is 0 Å². The minimum absolute atomic E-state index is 0.214. The van der Waals surface area contributed by atoms with Gasteiger partial charge < -0.3 is 19.3 Å². The minimum atomic E-state index is -2.05. The molecule has 25 heavy (non-hydrogen) atoms. The van der Waals surface area contributed by atoms with Gasteiger partial charge in [0.05, 0.1) is 0 Å². The van der Waals surface area contributed by atoms with Gasteiger partial charge in [-0.3, -0.25) is 14.4 Å². The number of aliphatic hydroxyl groups excluding tert-OH is 1. The van der Waals surface area contributed by atoms with E-state index < -0.39 is 48.5 Å². The molecule has 1 heterocycles. The molecule has 1 aliphatic rings. The van der Waals surface area contributed by atoms with E-state index in [0.717, 1.165) is 13.8 Å². The third kappa shape index (κ3) is 4.21. The van der Waals surface area contributed by atoms with Gasteiger partial charge in [-0.1, -0.05) is 24.3 Å². The summed E-state index contributed by atoms with van der Waals surface area (Å²) < 4.78 is 29.4. The SMILES string of the molecule is CC(=O)O[C@H]1O[C@H](C(O)C(=O)c2ccccc2C)[C@@H](F)[C@H]1OC(C)=O. The van der Waals surface area contributed by atoms with Crippen LogP contribution in [0.15, 0.2) is 24.3 Å². The second-order valence-electron chi connectivity index (χ2n) is 5.72. The maximum Gasteiger partial charge on any atom is 0.305 e. The Morgan fingerprint density at radius 2 is 1.76 bits per heavy atom. The molecule has 0 spiro atoms. The molecular formula is C17H19FO7. The molecule has 1 saturated heterocycles. The monoisotopic (exact) mass is 354 g/mol. The Morgan fingerprint density at radius 3 is 2.32 bits per heavy atom. The molecule has 0 radical (unpaired) electrons. The smallest absolute Gasteiger partial charge is 0.305 e. The molecule has 1 N–H and O–H groups in total. The quantitative estimate of drug-likeness (QED) is 0.624. The number of aryl methyl sites for hydroxylation is 1. The van der Waals surface area contributed by atoms with Crippen LogP contribution in [0.25, 0.3) is 0 Å². The molecule has 0 aromatic heterocycles. The first-order valence-corrected chi connectivity index (χ1v) is 7.64. The fraction of sp³-hybridized carbons (Fsp3) is 0.471. The average molecular weight is 354 g/mol. The van der Waals surface area contributed by atoms with Crippen molar-refractivity contribution < 1.29 is 38.1 Å². The van der Waals surface area contributed by atoms with Gasteiger partial charge >= 0.3 is 11.9 Å². The Balaban J connectivity index is 2.22. The Labute approximate surface area is 143 Å². The first kappa shape index (κ1) is 19.0. The number of rotatable bonds is 5. The maximum absolute atomic E-state index is 14.6. The third-order valence-electron chi connectivity index (χ3n) is 3.76. The van der Waals surface area contributed by atoms with Crippen molar-refractivity contribution in [3.63, 3.8) is 0 Å². The number of halogens is 1. The van der Waals surface area contributed by atoms with Crippen molar-refractivity contribution in [2.45, 2.75) is 51.5 Å². The number of hydrogen-bond acceptors (Lipinski definition) is 7. The van der Waals surface area contributed by atoms with Gasteiger partial charge in [-0.05, 0) is 12.5 Å². The van der Waals surface area contributed by atoms with Crippen LogP contribution in [0.4, 0.5) is 4.39 Å². The summed E-state index contributed by atoms with van der Waals surface area (Å²) in [6.45, 7) is 3.80. The highest BCUT2D eigenvalue weighted by atomic mass is 19.1. The van der Waals surface area contributed by atoms with Crippen LogP contribution in [-0.4, -0.2) is 53.6 Å². The normalized spacial score (nSPS) is 26.8. The Morgan fingerprint density at radius 1 is 1.16 bits per heavy atom. The van der Waals surface area contributed by atoms with Crippen LogP contribution < -0.4 is 0 Å². The van der Waals surface area contributed by atoms with Gasteiger partial charge in [-0.2, -0.15) is 0 Å². The van der Waals surface area contributed by atoms with Crippen molar-refractivity contribution >= 4 is 17.7 Å². The second-order valence-corrected chi connectivity index (χ2v) is 5.72. The summed E-state index contributed by atoms with van der Waals surface area (Å²) in [5, 5.41) is 10.3. The van der Waals surface area contributed by atoms with Gasteiger partial charge in [0.1, 0.15) is 12.2 Å². The van der Waals surface area contributed by atoms with E-state index in [0.29, 0.717) is 5.56 Å². The molecule has 8 heteroatoms. The summed E-state index contributed by atoms with van der Waals surface area (Å²) in [6, 6.07) is 6.50. The van der Waals surface area contributed by atoms with Crippen molar-refractivity contribution in [3.8, 4) is 0 Å². The summed E-state index contributed by atoms with van der Waals surface area (Å²) in [5.41, 5.74) is 0.818. The Bertz CT molecular complexity index is 675. The summed E-state index contributed by atoms with van der Waals surface area (Å²) in [4.78, 5) is 34.7. The van der Waals surface area contributed by atoms with Gasteiger partial charge in [0, 0.05) is 19.4 Å². The lowest BCUT2D eigenvalue weighted by molar-refractivity contribution is -0.197. The number of ketones is 1. The van der Waals surface area contributed by atoms with Crippen LogP contribution in [0.1, 0.15) is 29.8 Å². The molecule has 0 aliphatic carbocycles. The highest BCUT2D eigenvalue weighted by molar-refractivity contribution is 6.01. The van der Waals surface area contributed by atoms with Gasteiger partial charge in [0.2, 0.25) is 6.29 Å². The average Bonchev–Trinajstić information content (AvgIpc) is 2.82. The largest absolute Gasteiger partial charge is 0.453 e. The van der Waals surface area contributed by atoms with Crippen molar-refractivity contribution in [2.75, 3.05) is 0 Å². The van der Waals surface area contributed by atoms with E-state index in [-0.39, 0.29) is 5.56 Å². The predicted molar refractivity (Wildman–Crippen MR) is 82.4 cm³/mol. The lowest BCUT2D eigenvalue weighted by Gasteiger charge is -2.19. The third-order valence-corrected chi connectivity index (χ3v) is 3.76. The van der Waals surface area contributed by atoms with Crippen molar-refractivity contribution in [1.82, 2.24) is 0 Å². The molecule has 0 amide bonds. The van der Waals surface area contributed by atoms with E-state index in [2.05, 4.69) is 0 Å². The van der Waals surface area contributed by atoms with E-state index in [1.165, 1.54) is 6.07 Å². The van der Waals surface area contributed by atoms with E-state index in [1.54, 1.807) is 25.1 Å². The summed E-state index contributed by atoms with van der Waals surface area (Å²) in [5.74, 6) is -2.33. The fourth-order valence-corrected chi connectivity index (χ4v) is 2.62. The van der Waals surface area contributed by atoms with Crippen molar-refractivity contribution in [1.29, 1.82) is 0 Å².